The molecule has 0 aliphatic heterocycles. The molecule has 0 aliphatic rings. The zero-order valence-electron chi connectivity index (χ0n) is 11.9. The zero-order chi connectivity index (χ0) is 16.8. The number of H-pyrrole nitrogens is 1. The Morgan fingerprint density at radius 2 is 2.17 bits per heavy atom. The number of nitrogens with one attached hydrogen (secondary N) is 2. The Morgan fingerprint density at radius 3 is 2.83 bits per heavy atom. The number of nitriles is 1. The Bertz CT molecular complexity index is 867. The van der Waals surface area contributed by atoms with E-state index in [1.807, 2.05) is 0 Å². The molecule has 0 atom stereocenters. The number of aromatic amines is 1. The average Bonchev–Trinajstić information content (AvgIpc) is 2.54. The summed E-state index contributed by atoms with van der Waals surface area (Å²) in [5.41, 5.74) is 5.08. The minimum Gasteiger partial charge on any atom is -0.465 e. The van der Waals surface area contributed by atoms with E-state index in [2.05, 4.69) is 30.3 Å². The zero-order valence-corrected chi connectivity index (χ0v) is 11.9. The first-order valence-electron chi connectivity index (χ1n) is 6.20. The topological polar surface area (TPSA) is 159 Å². The molecule has 2 rings (SSSR count). The molecule has 23 heavy (non-hydrogen) atoms. The molecular weight excluding hydrogens is 302 g/mol. The lowest BCUT2D eigenvalue weighted by molar-refractivity contribution is 0.0601. The molecule has 1 aromatic carbocycles. The number of carbonyl (C=O) groups excluding carboxylic acids is 1. The largest absolute Gasteiger partial charge is 0.465 e. The molecule has 0 unspecified atom stereocenters. The second-order valence-electron chi connectivity index (χ2n) is 4.09. The van der Waals surface area contributed by atoms with Crippen molar-refractivity contribution < 1.29 is 9.53 Å². The van der Waals surface area contributed by atoms with Gasteiger partial charge in [0.05, 0.1) is 12.7 Å². The molecule has 0 spiro atoms. The van der Waals surface area contributed by atoms with E-state index < -0.39 is 11.5 Å². The first-order chi connectivity index (χ1) is 11.1. The monoisotopic (exact) mass is 313 g/mol. The van der Waals surface area contributed by atoms with Gasteiger partial charge < -0.3 is 10.5 Å². The highest BCUT2D eigenvalue weighted by atomic mass is 16.5. The van der Waals surface area contributed by atoms with Crippen molar-refractivity contribution >= 4 is 29.1 Å². The van der Waals surface area contributed by atoms with Crippen LogP contribution >= 0.6 is 0 Å². The van der Waals surface area contributed by atoms with E-state index in [0.717, 1.165) is 0 Å². The van der Waals surface area contributed by atoms with Crippen LogP contribution in [0.15, 0.2) is 39.3 Å². The summed E-state index contributed by atoms with van der Waals surface area (Å²) < 4.78 is 4.63. The molecule has 0 radical (unpaired) electrons. The Labute approximate surface area is 129 Å². The molecule has 0 fully saturated rings. The quantitative estimate of drug-likeness (QED) is 0.333. The number of azo groups is 1. The predicted molar refractivity (Wildman–Crippen MR) is 80.5 cm³/mol. The van der Waals surface area contributed by atoms with Crippen molar-refractivity contribution in [3.05, 3.63) is 40.2 Å². The summed E-state index contributed by atoms with van der Waals surface area (Å²) in [5, 5.41) is 18.2. The fraction of sp³-hybridized carbons (Fsp3) is 0.0769. The van der Waals surface area contributed by atoms with Gasteiger partial charge in [-0.15, -0.1) is 10.2 Å². The molecule has 2 aromatic rings. The standard InChI is InChI=1S/C13H11N7O3/c1-23-12(22)7-4-2-3-5-8(7)19-20-9-10(15)17-13(16-6-14)18-11(9)21/h2-5H,1H3,(H4,15,16,17,18,21). The Hall–Kier alpha value is -3.74. The fourth-order valence-corrected chi connectivity index (χ4v) is 1.64. The highest BCUT2D eigenvalue weighted by Crippen LogP contribution is 2.23. The van der Waals surface area contributed by atoms with Crippen LogP contribution in [0.2, 0.25) is 0 Å². The summed E-state index contributed by atoms with van der Waals surface area (Å²) in [6.45, 7) is 0. The number of carbonyl (C=O) groups is 1. The molecule has 0 saturated carbocycles. The van der Waals surface area contributed by atoms with Gasteiger partial charge in [0.2, 0.25) is 5.95 Å². The SMILES string of the molecule is COC(=O)c1ccccc1N=Nc1c(N)nc(NC#N)[nH]c1=O. The Kier molecular flexibility index (Phi) is 4.63. The van der Waals surface area contributed by atoms with Crippen molar-refractivity contribution in [1.82, 2.24) is 9.97 Å². The maximum atomic E-state index is 11.9. The summed E-state index contributed by atoms with van der Waals surface area (Å²) >= 11 is 0. The number of rotatable bonds is 4. The molecule has 0 saturated heterocycles. The number of esters is 1. The van der Waals surface area contributed by atoms with Crippen molar-refractivity contribution in [3.63, 3.8) is 0 Å². The summed E-state index contributed by atoms with van der Waals surface area (Å²) in [5.74, 6) is -0.914. The molecule has 10 nitrogen and oxygen atoms in total. The number of nitrogens with two attached hydrogens (primary N) is 1. The normalized spacial score (nSPS) is 10.3. The minimum atomic E-state index is -0.686. The Balaban J connectivity index is 2.41. The molecule has 1 aromatic heterocycles. The van der Waals surface area contributed by atoms with Crippen LogP contribution < -0.4 is 16.6 Å². The maximum absolute atomic E-state index is 11.9. The molecule has 4 N–H and O–H groups in total. The van der Waals surface area contributed by atoms with Gasteiger partial charge in [0.15, 0.2) is 17.7 Å². The molecule has 10 heteroatoms. The summed E-state index contributed by atoms with van der Waals surface area (Å²) in [6.07, 6.45) is 1.60. The van der Waals surface area contributed by atoms with E-state index >= 15 is 0 Å². The highest BCUT2D eigenvalue weighted by Gasteiger charge is 2.12. The predicted octanol–water partition coefficient (Wildman–Crippen LogP) is 1.45. The minimum absolute atomic E-state index is 0.107. The lowest BCUT2D eigenvalue weighted by atomic mass is 10.2. The molecule has 1 heterocycles. The second kappa shape index (κ2) is 6.81. The number of ether oxygens (including phenoxy) is 1. The third-order valence-corrected chi connectivity index (χ3v) is 2.66. The fourth-order valence-electron chi connectivity index (χ4n) is 1.64. The third kappa shape index (κ3) is 3.48. The van der Waals surface area contributed by atoms with Crippen LogP contribution in [0.3, 0.4) is 0 Å². The van der Waals surface area contributed by atoms with Gasteiger partial charge in [-0.2, -0.15) is 10.2 Å². The molecule has 0 amide bonds. The molecular formula is C13H11N7O3. The van der Waals surface area contributed by atoms with E-state index in [9.17, 15) is 9.59 Å². The van der Waals surface area contributed by atoms with Crippen molar-refractivity contribution in [2.75, 3.05) is 18.2 Å². The van der Waals surface area contributed by atoms with E-state index in [1.165, 1.54) is 19.2 Å². The molecule has 0 aliphatic carbocycles. The van der Waals surface area contributed by atoms with Crippen molar-refractivity contribution in [2.45, 2.75) is 0 Å². The van der Waals surface area contributed by atoms with Gasteiger partial charge in [0, 0.05) is 0 Å². The van der Waals surface area contributed by atoms with Crippen LogP contribution in [0.1, 0.15) is 10.4 Å². The number of anilines is 2. The van der Waals surface area contributed by atoms with E-state index in [0.29, 0.717) is 0 Å². The van der Waals surface area contributed by atoms with E-state index in [4.69, 9.17) is 11.0 Å². The smallest absolute Gasteiger partial charge is 0.340 e. The average molecular weight is 313 g/mol. The van der Waals surface area contributed by atoms with Gasteiger partial charge in [0.1, 0.15) is 5.69 Å². The number of hydrogen-bond donors (Lipinski definition) is 3. The van der Waals surface area contributed by atoms with Crippen molar-refractivity contribution in [1.29, 1.82) is 5.26 Å². The van der Waals surface area contributed by atoms with E-state index in [1.54, 1.807) is 18.3 Å². The van der Waals surface area contributed by atoms with Crippen LogP contribution in [-0.4, -0.2) is 23.0 Å². The van der Waals surface area contributed by atoms with Gasteiger partial charge in [-0.05, 0) is 12.1 Å². The summed E-state index contributed by atoms with van der Waals surface area (Å²) in [7, 11) is 1.24. The number of hydrogen-bond acceptors (Lipinski definition) is 9. The van der Waals surface area contributed by atoms with Crippen molar-refractivity contribution in [3.8, 4) is 6.19 Å². The number of benzene rings is 1. The molecule has 0 bridgehead atoms. The summed E-state index contributed by atoms with van der Waals surface area (Å²) in [4.78, 5) is 29.5. The first kappa shape index (κ1) is 15.6. The lowest BCUT2D eigenvalue weighted by Gasteiger charge is -2.03. The van der Waals surface area contributed by atoms with Gasteiger partial charge in [-0.25, -0.2) is 4.79 Å². The van der Waals surface area contributed by atoms with Crippen molar-refractivity contribution in [2.24, 2.45) is 10.2 Å². The highest BCUT2D eigenvalue weighted by molar-refractivity contribution is 5.94. The number of methoxy groups -OCH3 is 1. The van der Waals surface area contributed by atoms with E-state index in [-0.39, 0.29) is 28.7 Å². The first-order valence-corrected chi connectivity index (χ1v) is 6.20. The maximum Gasteiger partial charge on any atom is 0.340 e. The van der Waals surface area contributed by atoms with Gasteiger partial charge in [0.25, 0.3) is 5.56 Å². The van der Waals surface area contributed by atoms with Crippen LogP contribution in [0, 0.1) is 11.5 Å². The van der Waals surface area contributed by atoms with Gasteiger partial charge >= 0.3 is 5.97 Å². The van der Waals surface area contributed by atoms with Gasteiger partial charge in [-0.3, -0.25) is 15.1 Å². The Morgan fingerprint density at radius 1 is 1.43 bits per heavy atom. The number of nitrogen functional groups attached to an aromatic ring is 1. The third-order valence-electron chi connectivity index (χ3n) is 2.66. The van der Waals surface area contributed by atoms with Gasteiger partial charge in [-0.1, -0.05) is 12.1 Å². The number of aromatic nitrogens is 2. The second-order valence-corrected chi connectivity index (χ2v) is 4.09. The van der Waals surface area contributed by atoms with Crippen LogP contribution in [0.25, 0.3) is 0 Å². The van der Waals surface area contributed by atoms with Crippen LogP contribution in [0.5, 0.6) is 0 Å². The lowest BCUT2D eigenvalue weighted by Crippen LogP contribution is -2.12. The summed E-state index contributed by atoms with van der Waals surface area (Å²) in [6, 6.07) is 6.31. The van der Waals surface area contributed by atoms with Crippen LogP contribution in [-0.2, 0) is 4.74 Å². The number of nitrogens with zero attached hydrogens (tertiary/aromatic N) is 4. The molecule has 116 valence electrons. The van der Waals surface area contributed by atoms with Crippen LogP contribution in [0.4, 0.5) is 23.1 Å².